The summed E-state index contributed by atoms with van der Waals surface area (Å²) in [6, 6.07) is 10.5. The number of anilines is 2. The zero-order valence-corrected chi connectivity index (χ0v) is 15.8. The number of amides is 1. The Balaban J connectivity index is 2.19. The zero-order chi connectivity index (χ0) is 19.1. The molecule has 1 aromatic heterocycles. The summed E-state index contributed by atoms with van der Waals surface area (Å²) in [6.07, 6.45) is 0.807. The van der Waals surface area contributed by atoms with Crippen LogP contribution in [-0.4, -0.2) is 22.6 Å². The number of benzene rings is 1. The van der Waals surface area contributed by atoms with Crippen LogP contribution in [0.4, 0.5) is 11.4 Å². The molecule has 0 spiro atoms. The second-order valence-corrected chi connectivity index (χ2v) is 7.29. The minimum absolute atomic E-state index is 0.320. The first-order valence-electron chi connectivity index (χ1n) is 7.85. The summed E-state index contributed by atoms with van der Waals surface area (Å²) in [4.78, 5) is 13.3. The van der Waals surface area contributed by atoms with Crippen LogP contribution in [-0.2, 0) is 11.2 Å². The number of thiocarbonyl (C=S) groups is 1. The van der Waals surface area contributed by atoms with Crippen LogP contribution in [0.15, 0.2) is 35.7 Å². The lowest BCUT2D eigenvalue weighted by Crippen LogP contribution is -2.37. The van der Waals surface area contributed by atoms with E-state index >= 15 is 0 Å². The van der Waals surface area contributed by atoms with Crippen molar-refractivity contribution in [3.63, 3.8) is 0 Å². The molecule has 2 aromatic rings. The molecular weight excluding hydrogens is 366 g/mol. The largest absolute Gasteiger partial charge is 0.373 e. The average Bonchev–Trinajstić information content (AvgIpc) is 3.06. The van der Waals surface area contributed by atoms with Gasteiger partial charge in [-0.2, -0.15) is 5.26 Å². The number of hydrogen-bond acceptors (Lipinski definition) is 6. The van der Waals surface area contributed by atoms with Crippen LogP contribution in [0.3, 0.4) is 0 Å². The van der Waals surface area contributed by atoms with Crippen molar-refractivity contribution in [2.45, 2.75) is 25.8 Å². The van der Waals surface area contributed by atoms with Gasteiger partial charge in [0.05, 0.1) is 16.2 Å². The molecule has 1 amide bonds. The summed E-state index contributed by atoms with van der Waals surface area (Å²) in [7, 11) is 0. The van der Waals surface area contributed by atoms with Gasteiger partial charge in [0.2, 0.25) is 5.91 Å². The van der Waals surface area contributed by atoms with E-state index in [0.717, 1.165) is 4.88 Å². The summed E-state index contributed by atoms with van der Waals surface area (Å²) in [5.41, 5.74) is 7.56. The Hall–Kier alpha value is -2.76. The summed E-state index contributed by atoms with van der Waals surface area (Å²) >= 11 is 6.78. The van der Waals surface area contributed by atoms with Crippen molar-refractivity contribution in [2.24, 2.45) is 5.73 Å². The molecule has 0 aliphatic carbocycles. The number of nitrogens with two attached hydrogens (primary N) is 1. The highest BCUT2D eigenvalue weighted by atomic mass is 32.1. The first kappa shape index (κ1) is 19.6. The Kier molecular flexibility index (Phi) is 6.83. The standard InChI is InChI=1S/C18H19N5OS2/c1-11(20)7-17(25)23-15-8-13(5-4-12(15)10-19)22-16(18(21)24)9-14-3-2-6-26-14/h2-6,8,16,20,22H,7,9H2,1H3,(H2,21,24)(H,23,25). The molecule has 0 saturated carbocycles. The lowest BCUT2D eigenvalue weighted by Gasteiger charge is -2.18. The fourth-order valence-electron chi connectivity index (χ4n) is 2.32. The zero-order valence-electron chi connectivity index (χ0n) is 14.2. The molecule has 8 heteroatoms. The van der Waals surface area contributed by atoms with Gasteiger partial charge in [0.1, 0.15) is 12.1 Å². The van der Waals surface area contributed by atoms with Crippen LogP contribution in [0.1, 0.15) is 23.8 Å². The van der Waals surface area contributed by atoms with Crippen molar-refractivity contribution >= 4 is 51.5 Å². The Morgan fingerprint density at radius 2 is 2.23 bits per heavy atom. The van der Waals surface area contributed by atoms with E-state index in [-0.39, 0.29) is 0 Å². The van der Waals surface area contributed by atoms with Gasteiger partial charge >= 0.3 is 0 Å². The van der Waals surface area contributed by atoms with Gasteiger partial charge in [-0.25, -0.2) is 0 Å². The van der Waals surface area contributed by atoms with E-state index in [9.17, 15) is 10.1 Å². The van der Waals surface area contributed by atoms with Crippen LogP contribution in [0.25, 0.3) is 0 Å². The Morgan fingerprint density at radius 3 is 2.81 bits per heavy atom. The number of nitrogens with one attached hydrogen (secondary N) is 3. The maximum Gasteiger partial charge on any atom is 0.240 e. The quantitative estimate of drug-likeness (QED) is 0.411. The molecule has 0 radical (unpaired) electrons. The Morgan fingerprint density at radius 1 is 1.46 bits per heavy atom. The maximum absolute atomic E-state index is 11.8. The topological polar surface area (TPSA) is 115 Å². The lowest BCUT2D eigenvalue weighted by molar-refractivity contribution is -0.118. The number of rotatable bonds is 8. The van der Waals surface area contributed by atoms with E-state index in [1.165, 1.54) is 0 Å². The highest BCUT2D eigenvalue weighted by molar-refractivity contribution is 7.80. The SMILES string of the molecule is CC(=N)CC(=S)Nc1cc(NC(Cc2cccs2)C(N)=O)ccc1C#N. The monoisotopic (exact) mass is 385 g/mol. The predicted molar refractivity (Wildman–Crippen MR) is 110 cm³/mol. The first-order valence-corrected chi connectivity index (χ1v) is 9.14. The molecule has 134 valence electrons. The molecule has 26 heavy (non-hydrogen) atoms. The van der Waals surface area contributed by atoms with Crippen molar-refractivity contribution in [2.75, 3.05) is 10.6 Å². The molecule has 0 aliphatic rings. The van der Waals surface area contributed by atoms with E-state index in [1.807, 2.05) is 17.5 Å². The van der Waals surface area contributed by atoms with Crippen molar-refractivity contribution in [1.82, 2.24) is 0 Å². The third-order valence-electron chi connectivity index (χ3n) is 3.51. The van der Waals surface area contributed by atoms with E-state index in [4.69, 9.17) is 23.4 Å². The fraction of sp³-hybridized carbons (Fsp3) is 0.222. The number of nitrogens with zero attached hydrogens (tertiary/aromatic N) is 1. The van der Waals surface area contributed by atoms with Gasteiger partial charge in [0, 0.05) is 29.1 Å². The Bertz CT molecular complexity index is 855. The van der Waals surface area contributed by atoms with E-state index in [1.54, 1.807) is 36.5 Å². The molecule has 1 aromatic carbocycles. The van der Waals surface area contributed by atoms with Crippen LogP contribution in [0.5, 0.6) is 0 Å². The number of primary amides is 1. The molecule has 1 unspecified atom stereocenters. The molecule has 6 nitrogen and oxygen atoms in total. The number of nitriles is 1. The number of hydrogen-bond donors (Lipinski definition) is 4. The summed E-state index contributed by atoms with van der Waals surface area (Å²) in [5, 5.41) is 24.8. The molecule has 0 fully saturated rings. The fourth-order valence-corrected chi connectivity index (χ4v) is 3.40. The molecule has 2 rings (SSSR count). The molecule has 0 saturated heterocycles. The minimum atomic E-state index is -0.565. The lowest BCUT2D eigenvalue weighted by atomic mass is 10.1. The highest BCUT2D eigenvalue weighted by Crippen LogP contribution is 2.22. The van der Waals surface area contributed by atoms with Crippen LogP contribution in [0, 0.1) is 16.7 Å². The van der Waals surface area contributed by atoms with Gasteiger partial charge in [-0.3, -0.25) is 4.79 Å². The average molecular weight is 386 g/mol. The van der Waals surface area contributed by atoms with E-state index in [0.29, 0.717) is 40.5 Å². The maximum atomic E-state index is 11.8. The van der Waals surface area contributed by atoms with Crippen LogP contribution >= 0.6 is 23.6 Å². The summed E-state index contributed by atoms with van der Waals surface area (Å²) < 4.78 is 0. The molecule has 0 aliphatic heterocycles. The van der Waals surface area contributed by atoms with Gasteiger partial charge in [-0.05, 0) is 36.6 Å². The van der Waals surface area contributed by atoms with Gasteiger partial charge in [-0.1, -0.05) is 18.3 Å². The van der Waals surface area contributed by atoms with Gasteiger partial charge in [0.25, 0.3) is 0 Å². The van der Waals surface area contributed by atoms with Crippen LogP contribution < -0.4 is 16.4 Å². The van der Waals surface area contributed by atoms with Crippen molar-refractivity contribution < 1.29 is 4.79 Å². The molecule has 1 atom stereocenters. The van der Waals surface area contributed by atoms with Crippen molar-refractivity contribution in [1.29, 1.82) is 10.7 Å². The summed E-state index contributed by atoms with van der Waals surface area (Å²) in [6.45, 7) is 1.67. The van der Waals surface area contributed by atoms with Crippen molar-refractivity contribution in [3.05, 3.63) is 46.2 Å². The second-order valence-electron chi connectivity index (χ2n) is 5.76. The molecule has 1 heterocycles. The van der Waals surface area contributed by atoms with Gasteiger partial charge < -0.3 is 21.8 Å². The first-order chi connectivity index (χ1) is 12.4. The molecule has 0 bridgehead atoms. The number of carbonyl (C=O) groups is 1. The van der Waals surface area contributed by atoms with E-state index in [2.05, 4.69) is 16.7 Å². The van der Waals surface area contributed by atoms with E-state index < -0.39 is 11.9 Å². The predicted octanol–water partition coefficient (Wildman–Crippen LogP) is 3.30. The van der Waals surface area contributed by atoms with Gasteiger partial charge in [0.15, 0.2) is 0 Å². The summed E-state index contributed by atoms with van der Waals surface area (Å²) in [5.74, 6) is -0.452. The van der Waals surface area contributed by atoms with Crippen molar-refractivity contribution in [3.8, 4) is 6.07 Å². The number of thiophene rings is 1. The third kappa shape index (κ3) is 5.65. The normalized spacial score (nSPS) is 11.2. The van der Waals surface area contributed by atoms with Crippen LogP contribution in [0.2, 0.25) is 0 Å². The molecular formula is C18H19N5OS2. The molecule has 5 N–H and O–H groups in total. The minimum Gasteiger partial charge on any atom is -0.373 e. The second kappa shape index (κ2) is 9.08. The smallest absolute Gasteiger partial charge is 0.240 e. The van der Waals surface area contributed by atoms with Gasteiger partial charge in [-0.15, -0.1) is 11.3 Å². The third-order valence-corrected chi connectivity index (χ3v) is 4.65. The number of carbonyl (C=O) groups excluding carboxylic acids is 1. The highest BCUT2D eigenvalue weighted by Gasteiger charge is 2.17. The Labute approximate surface area is 161 Å².